The highest BCUT2D eigenvalue weighted by molar-refractivity contribution is 5.99. The zero-order valence-electron chi connectivity index (χ0n) is 14.8. The fourth-order valence-electron chi connectivity index (χ4n) is 3.74. The summed E-state index contributed by atoms with van der Waals surface area (Å²) in [5.74, 6) is 0.801. The Labute approximate surface area is 164 Å². The number of carbonyl (C=O) groups excluding carboxylic acids is 2. The Bertz CT molecular complexity index is 844. The van der Waals surface area contributed by atoms with Gasteiger partial charge >= 0.3 is 0 Å². The first kappa shape index (κ1) is 19.2. The molecule has 2 aliphatic rings. The number of hydrogen-bond donors (Lipinski definition) is 2. The molecule has 27 heavy (non-hydrogen) atoms. The van der Waals surface area contributed by atoms with E-state index in [4.69, 9.17) is 10.5 Å². The molecule has 2 atom stereocenters. The predicted octanol–water partition coefficient (Wildman–Crippen LogP) is 2.25. The van der Waals surface area contributed by atoms with Gasteiger partial charge < -0.3 is 20.7 Å². The van der Waals surface area contributed by atoms with Gasteiger partial charge in [-0.2, -0.15) is 0 Å². The number of ether oxygens (including phenoxy) is 1. The zero-order valence-corrected chi connectivity index (χ0v) is 15.6. The van der Waals surface area contributed by atoms with E-state index in [1.165, 1.54) is 5.56 Å². The molecule has 0 bridgehead atoms. The smallest absolute Gasteiger partial charge is 0.262 e. The molecule has 6 nitrogen and oxygen atoms in total. The van der Waals surface area contributed by atoms with Crippen LogP contribution in [-0.4, -0.2) is 43.0 Å². The maximum Gasteiger partial charge on any atom is 0.262 e. The summed E-state index contributed by atoms with van der Waals surface area (Å²) in [6.07, 6.45) is 0. The Kier molecular flexibility index (Phi) is 5.68. The number of benzene rings is 2. The third-order valence-corrected chi connectivity index (χ3v) is 5.12. The Morgan fingerprint density at radius 2 is 1.96 bits per heavy atom. The fourth-order valence-corrected chi connectivity index (χ4v) is 3.74. The van der Waals surface area contributed by atoms with Gasteiger partial charge in [-0.1, -0.05) is 30.3 Å². The van der Waals surface area contributed by atoms with Crippen molar-refractivity contribution in [1.29, 1.82) is 0 Å². The summed E-state index contributed by atoms with van der Waals surface area (Å²) in [6.45, 7) is 1.81. The third kappa shape index (κ3) is 3.77. The van der Waals surface area contributed by atoms with Gasteiger partial charge in [0.1, 0.15) is 5.75 Å². The summed E-state index contributed by atoms with van der Waals surface area (Å²) in [5.41, 5.74) is 8.34. The van der Waals surface area contributed by atoms with Crippen molar-refractivity contribution in [2.75, 3.05) is 31.6 Å². The molecular formula is C20H22ClN3O3. The van der Waals surface area contributed by atoms with E-state index in [1.54, 1.807) is 18.2 Å². The van der Waals surface area contributed by atoms with Gasteiger partial charge in [0.25, 0.3) is 11.8 Å². The first-order valence-corrected chi connectivity index (χ1v) is 8.76. The van der Waals surface area contributed by atoms with Gasteiger partial charge in [-0.15, -0.1) is 12.4 Å². The zero-order chi connectivity index (χ0) is 18.1. The molecule has 0 aliphatic carbocycles. The van der Waals surface area contributed by atoms with E-state index in [9.17, 15) is 9.59 Å². The van der Waals surface area contributed by atoms with E-state index in [0.717, 1.165) is 0 Å². The summed E-state index contributed by atoms with van der Waals surface area (Å²) >= 11 is 0. The number of carbonyl (C=O) groups is 2. The highest BCUT2D eigenvalue weighted by Gasteiger charge is 2.35. The van der Waals surface area contributed by atoms with Crippen molar-refractivity contribution < 1.29 is 14.3 Å². The molecule has 4 rings (SSSR count). The molecule has 0 saturated carbocycles. The van der Waals surface area contributed by atoms with E-state index in [2.05, 4.69) is 17.4 Å². The second-order valence-corrected chi connectivity index (χ2v) is 6.77. The lowest BCUT2D eigenvalue weighted by molar-refractivity contribution is -0.118. The normalized spacial score (nSPS) is 20.9. The van der Waals surface area contributed by atoms with Crippen LogP contribution in [0.1, 0.15) is 21.8 Å². The molecule has 2 aromatic carbocycles. The van der Waals surface area contributed by atoms with Crippen LogP contribution < -0.4 is 15.8 Å². The summed E-state index contributed by atoms with van der Waals surface area (Å²) in [4.78, 5) is 26.2. The highest BCUT2D eigenvalue weighted by Crippen LogP contribution is 2.34. The SMILES string of the molecule is Cl.NC[C@@H]1CN(C(=O)c2ccc3c(c2)OCC(=O)N3)C[C@H]1c1ccccc1. The van der Waals surface area contributed by atoms with E-state index in [-0.39, 0.29) is 42.7 Å². The monoisotopic (exact) mass is 387 g/mol. The molecule has 1 saturated heterocycles. The van der Waals surface area contributed by atoms with Gasteiger partial charge in [0, 0.05) is 24.6 Å². The largest absolute Gasteiger partial charge is 0.482 e. The number of rotatable bonds is 3. The van der Waals surface area contributed by atoms with Gasteiger partial charge in [0.05, 0.1) is 5.69 Å². The number of hydrogen-bond acceptors (Lipinski definition) is 4. The third-order valence-electron chi connectivity index (χ3n) is 5.12. The topological polar surface area (TPSA) is 84.7 Å². The molecule has 2 aliphatic heterocycles. The predicted molar refractivity (Wildman–Crippen MR) is 105 cm³/mol. The van der Waals surface area contributed by atoms with Crippen molar-refractivity contribution in [3.8, 4) is 5.75 Å². The Balaban J connectivity index is 0.00000210. The summed E-state index contributed by atoms with van der Waals surface area (Å²) < 4.78 is 5.42. The Morgan fingerprint density at radius 3 is 2.70 bits per heavy atom. The lowest BCUT2D eigenvalue weighted by Crippen LogP contribution is -2.30. The number of likely N-dealkylation sites (tertiary alicyclic amines) is 1. The van der Waals surface area contributed by atoms with Crippen LogP contribution in [0.5, 0.6) is 5.75 Å². The number of anilines is 1. The van der Waals surface area contributed by atoms with Crippen LogP contribution >= 0.6 is 12.4 Å². The average molecular weight is 388 g/mol. The van der Waals surface area contributed by atoms with Crippen LogP contribution in [0, 0.1) is 5.92 Å². The molecule has 0 aromatic heterocycles. The van der Waals surface area contributed by atoms with Gasteiger partial charge in [0.15, 0.2) is 6.61 Å². The first-order valence-electron chi connectivity index (χ1n) is 8.76. The molecule has 0 spiro atoms. The van der Waals surface area contributed by atoms with Gasteiger partial charge in [-0.25, -0.2) is 0 Å². The Hall–Kier alpha value is -2.57. The van der Waals surface area contributed by atoms with Gasteiger partial charge in [-0.3, -0.25) is 9.59 Å². The van der Waals surface area contributed by atoms with Gasteiger partial charge in [-0.05, 0) is 36.2 Å². The number of nitrogens with one attached hydrogen (secondary N) is 1. The number of amides is 2. The van der Waals surface area contributed by atoms with E-state index < -0.39 is 0 Å². The number of halogens is 1. The quantitative estimate of drug-likeness (QED) is 0.846. The number of fused-ring (bicyclic) bond motifs is 1. The number of nitrogens with two attached hydrogens (primary N) is 1. The summed E-state index contributed by atoms with van der Waals surface area (Å²) in [6, 6.07) is 15.3. The van der Waals surface area contributed by atoms with Crippen molar-refractivity contribution in [3.63, 3.8) is 0 Å². The highest BCUT2D eigenvalue weighted by atomic mass is 35.5. The minimum Gasteiger partial charge on any atom is -0.482 e. The van der Waals surface area contributed by atoms with E-state index >= 15 is 0 Å². The van der Waals surface area contributed by atoms with E-state index in [0.29, 0.717) is 36.6 Å². The van der Waals surface area contributed by atoms with Crippen LogP contribution in [0.3, 0.4) is 0 Å². The van der Waals surface area contributed by atoms with Crippen LogP contribution in [0.2, 0.25) is 0 Å². The van der Waals surface area contributed by atoms with Crippen LogP contribution in [0.15, 0.2) is 48.5 Å². The minimum atomic E-state index is -0.187. The second kappa shape index (κ2) is 7.98. The van der Waals surface area contributed by atoms with Crippen LogP contribution in [0.4, 0.5) is 5.69 Å². The Morgan fingerprint density at radius 1 is 1.19 bits per heavy atom. The molecule has 142 valence electrons. The lowest BCUT2D eigenvalue weighted by Gasteiger charge is -2.20. The van der Waals surface area contributed by atoms with Crippen LogP contribution in [-0.2, 0) is 4.79 Å². The molecule has 1 fully saturated rings. The second-order valence-electron chi connectivity index (χ2n) is 6.77. The number of nitrogens with zero attached hydrogens (tertiary/aromatic N) is 1. The molecule has 0 unspecified atom stereocenters. The molecule has 0 radical (unpaired) electrons. The summed E-state index contributed by atoms with van der Waals surface area (Å²) in [5, 5.41) is 2.73. The molecular weight excluding hydrogens is 366 g/mol. The van der Waals surface area contributed by atoms with Crippen molar-refractivity contribution in [2.45, 2.75) is 5.92 Å². The van der Waals surface area contributed by atoms with Crippen molar-refractivity contribution >= 4 is 29.9 Å². The minimum absolute atomic E-state index is 0. The first-order chi connectivity index (χ1) is 12.7. The molecule has 3 N–H and O–H groups in total. The molecule has 2 heterocycles. The molecule has 2 amide bonds. The maximum atomic E-state index is 13.0. The van der Waals surface area contributed by atoms with Crippen molar-refractivity contribution in [1.82, 2.24) is 4.90 Å². The average Bonchev–Trinajstić information content (AvgIpc) is 3.12. The van der Waals surface area contributed by atoms with Crippen molar-refractivity contribution in [3.05, 3.63) is 59.7 Å². The lowest BCUT2D eigenvalue weighted by atomic mass is 9.89. The molecule has 2 aromatic rings. The standard InChI is InChI=1S/C20H21N3O3.ClH/c21-9-15-10-23(11-16(15)13-4-2-1-3-5-13)20(25)14-6-7-17-18(8-14)26-12-19(24)22-17;/h1-8,15-16H,9-12,21H2,(H,22,24);1H/t15-,16+;/m1./s1. The maximum absolute atomic E-state index is 13.0. The van der Waals surface area contributed by atoms with Crippen molar-refractivity contribution in [2.24, 2.45) is 11.7 Å². The van der Waals surface area contributed by atoms with Gasteiger partial charge in [0.2, 0.25) is 0 Å². The summed E-state index contributed by atoms with van der Waals surface area (Å²) in [7, 11) is 0. The molecule has 7 heteroatoms. The fraction of sp³-hybridized carbons (Fsp3) is 0.300. The van der Waals surface area contributed by atoms with Crippen LogP contribution in [0.25, 0.3) is 0 Å². The van der Waals surface area contributed by atoms with E-state index in [1.807, 2.05) is 23.1 Å².